The van der Waals surface area contributed by atoms with Crippen LogP contribution >= 0.6 is 0 Å². The third-order valence-corrected chi connectivity index (χ3v) is 13.6. The molecule has 11 aromatic carbocycles. The molecule has 2 aromatic heterocycles. The van der Waals surface area contributed by atoms with Crippen LogP contribution in [-0.2, 0) is 0 Å². The van der Waals surface area contributed by atoms with Crippen molar-refractivity contribution in [2.75, 3.05) is 4.90 Å². The van der Waals surface area contributed by atoms with E-state index in [-0.39, 0.29) is 0 Å². The third kappa shape index (κ3) is 6.99. The molecule has 0 atom stereocenters. The molecule has 0 saturated heterocycles. The van der Waals surface area contributed by atoms with E-state index in [2.05, 4.69) is 270 Å². The Labute approximate surface area is 401 Å². The van der Waals surface area contributed by atoms with Gasteiger partial charge in [0, 0.05) is 49.6 Å². The van der Waals surface area contributed by atoms with Crippen LogP contribution in [0.4, 0.5) is 17.1 Å². The molecule has 0 fully saturated rings. The van der Waals surface area contributed by atoms with Crippen LogP contribution in [-0.4, -0.2) is 4.57 Å². The summed E-state index contributed by atoms with van der Waals surface area (Å²) in [6, 6.07) is 96.0. The summed E-state index contributed by atoms with van der Waals surface area (Å²) < 4.78 is 9.06. The lowest BCUT2D eigenvalue weighted by Gasteiger charge is -2.28. The Hall–Kier alpha value is -9.18. The van der Waals surface area contributed by atoms with E-state index in [0.717, 1.165) is 72.5 Å². The summed E-state index contributed by atoms with van der Waals surface area (Å²) in [6.45, 7) is 0. The van der Waals surface area contributed by atoms with Gasteiger partial charge in [0.2, 0.25) is 0 Å². The van der Waals surface area contributed by atoms with Crippen LogP contribution < -0.4 is 4.90 Å². The molecule has 0 bridgehead atoms. The highest BCUT2D eigenvalue weighted by Gasteiger charge is 2.21. The van der Waals surface area contributed by atoms with E-state index in [1.807, 2.05) is 6.07 Å². The van der Waals surface area contributed by atoms with Crippen molar-refractivity contribution in [2.45, 2.75) is 0 Å². The van der Waals surface area contributed by atoms with Gasteiger partial charge in [0.1, 0.15) is 11.2 Å². The first-order chi connectivity index (χ1) is 34.2. The van der Waals surface area contributed by atoms with E-state index in [1.165, 1.54) is 49.6 Å². The van der Waals surface area contributed by atoms with Crippen LogP contribution in [0.2, 0.25) is 0 Å². The zero-order chi connectivity index (χ0) is 45.7. The number of furan rings is 1. The highest BCUT2D eigenvalue weighted by atomic mass is 16.3. The number of para-hydroxylation sites is 6. The molecule has 0 aliphatic carbocycles. The van der Waals surface area contributed by atoms with Crippen molar-refractivity contribution in [3.8, 4) is 61.3 Å². The number of aromatic nitrogens is 1. The number of fused-ring (bicyclic) bond motifs is 6. The number of benzene rings is 11. The summed E-state index contributed by atoms with van der Waals surface area (Å²) in [5.74, 6) is 0. The number of anilines is 3. The van der Waals surface area contributed by atoms with E-state index >= 15 is 0 Å². The molecule has 0 aliphatic heterocycles. The second-order valence-corrected chi connectivity index (χ2v) is 17.6. The van der Waals surface area contributed by atoms with Crippen LogP contribution in [0.25, 0.3) is 105 Å². The van der Waals surface area contributed by atoms with Crippen LogP contribution in [0.1, 0.15) is 0 Å². The molecule has 3 nitrogen and oxygen atoms in total. The number of hydrogen-bond donors (Lipinski definition) is 0. The molecule has 0 amide bonds. The number of nitrogens with zero attached hydrogens (tertiary/aromatic N) is 2. The smallest absolute Gasteiger partial charge is 0.143 e. The predicted molar refractivity (Wildman–Crippen MR) is 290 cm³/mol. The van der Waals surface area contributed by atoms with E-state index in [9.17, 15) is 0 Å². The fourth-order valence-corrected chi connectivity index (χ4v) is 10.4. The van der Waals surface area contributed by atoms with Gasteiger partial charge in [-0.15, -0.1) is 0 Å². The van der Waals surface area contributed by atoms with Crippen molar-refractivity contribution >= 4 is 60.8 Å². The first-order valence-electron chi connectivity index (χ1n) is 23.6. The molecule has 69 heavy (non-hydrogen) atoms. The van der Waals surface area contributed by atoms with Crippen molar-refractivity contribution in [1.82, 2.24) is 4.57 Å². The first-order valence-corrected chi connectivity index (χ1v) is 23.6. The molecule has 0 aliphatic rings. The van der Waals surface area contributed by atoms with Crippen molar-refractivity contribution in [3.05, 3.63) is 267 Å². The SMILES string of the molecule is c1ccc(-c2ccccc2-c2ccc(N(c3ccc(-c4cccc(-c5ccccc5-n5c6ccccc6c6ccccc65)c4)cc3)c3ccccc3-c3cccc4c3oc3ccccc34)cc2)cc1. The molecule has 2 heterocycles. The lowest BCUT2D eigenvalue weighted by molar-refractivity contribution is 0.670. The molecule has 13 rings (SSSR count). The second kappa shape index (κ2) is 16.9. The maximum Gasteiger partial charge on any atom is 0.143 e. The van der Waals surface area contributed by atoms with Crippen LogP contribution in [0.15, 0.2) is 271 Å². The van der Waals surface area contributed by atoms with E-state index in [0.29, 0.717) is 0 Å². The average Bonchev–Trinajstić information content (AvgIpc) is 3.98. The lowest BCUT2D eigenvalue weighted by atomic mass is 9.94. The molecule has 0 spiro atoms. The number of hydrogen-bond acceptors (Lipinski definition) is 2. The zero-order valence-electron chi connectivity index (χ0n) is 37.7. The topological polar surface area (TPSA) is 21.3 Å². The maximum atomic E-state index is 6.65. The normalized spacial score (nSPS) is 11.5. The Balaban J connectivity index is 0.919. The monoisotopic (exact) mass is 880 g/mol. The van der Waals surface area contributed by atoms with Crippen molar-refractivity contribution in [1.29, 1.82) is 0 Å². The molecule has 0 radical (unpaired) electrons. The summed E-state index contributed by atoms with van der Waals surface area (Å²) in [5.41, 5.74) is 20.0. The third-order valence-electron chi connectivity index (χ3n) is 13.6. The van der Waals surface area contributed by atoms with Crippen LogP contribution in [0, 0.1) is 0 Å². The summed E-state index contributed by atoms with van der Waals surface area (Å²) in [5, 5.41) is 4.73. The molecule has 324 valence electrons. The highest BCUT2D eigenvalue weighted by molar-refractivity contribution is 6.11. The van der Waals surface area contributed by atoms with Gasteiger partial charge in [0.05, 0.1) is 22.4 Å². The predicted octanol–water partition coefficient (Wildman–Crippen LogP) is 18.5. The zero-order valence-corrected chi connectivity index (χ0v) is 37.7. The van der Waals surface area contributed by atoms with Crippen LogP contribution in [0.5, 0.6) is 0 Å². The standard InChI is InChI=1S/C66H44N2O/c1-2-18-46(19-3-1)52-22-4-5-23-53(52)47-38-42-51(43-39-47)67(62-32-12-9-27-57(62)59-29-17-30-60-58-28-10-15-35-65(58)69-66(59)60)50-40-36-45(37-41-50)48-20-16-21-49(44-48)54-24-6-11-31-61(54)68-63-33-13-7-25-55(63)56-26-8-14-34-64(56)68/h1-44H. The fourth-order valence-electron chi connectivity index (χ4n) is 10.4. The van der Waals surface area contributed by atoms with Crippen molar-refractivity contribution in [3.63, 3.8) is 0 Å². The Kier molecular flexibility index (Phi) is 9.84. The second-order valence-electron chi connectivity index (χ2n) is 17.6. The van der Waals surface area contributed by atoms with E-state index in [1.54, 1.807) is 0 Å². The molecule has 0 unspecified atom stereocenters. The van der Waals surface area contributed by atoms with Gasteiger partial charge in [0.25, 0.3) is 0 Å². The van der Waals surface area contributed by atoms with Gasteiger partial charge in [-0.2, -0.15) is 0 Å². The van der Waals surface area contributed by atoms with Gasteiger partial charge in [0.15, 0.2) is 0 Å². The maximum absolute atomic E-state index is 6.65. The molecule has 3 heteroatoms. The van der Waals surface area contributed by atoms with Gasteiger partial charge in [-0.3, -0.25) is 0 Å². The minimum Gasteiger partial charge on any atom is -0.455 e. The largest absolute Gasteiger partial charge is 0.455 e. The summed E-state index contributed by atoms with van der Waals surface area (Å²) in [7, 11) is 0. The lowest BCUT2D eigenvalue weighted by Crippen LogP contribution is -2.11. The quantitative estimate of drug-likeness (QED) is 0.144. The average molecular weight is 881 g/mol. The Morgan fingerprint density at radius 3 is 1.48 bits per heavy atom. The van der Waals surface area contributed by atoms with Gasteiger partial charge in [-0.1, -0.05) is 206 Å². The van der Waals surface area contributed by atoms with E-state index in [4.69, 9.17) is 4.42 Å². The summed E-state index contributed by atoms with van der Waals surface area (Å²) in [6.07, 6.45) is 0. The fraction of sp³-hybridized carbons (Fsp3) is 0. The summed E-state index contributed by atoms with van der Waals surface area (Å²) >= 11 is 0. The van der Waals surface area contributed by atoms with Crippen LogP contribution in [0.3, 0.4) is 0 Å². The minimum absolute atomic E-state index is 0.883. The van der Waals surface area contributed by atoms with Gasteiger partial charge in [-0.25, -0.2) is 0 Å². The molecule has 13 aromatic rings. The molecular weight excluding hydrogens is 837 g/mol. The highest BCUT2D eigenvalue weighted by Crippen LogP contribution is 2.46. The van der Waals surface area contributed by atoms with Gasteiger partial charge in [-0.05, 0) is 99.6 Å². The molecular formula is C66H44N2O. The van der Waals surface area contributed by atoms with E-state index < -0.39 is 0 Å². The first kappa shape index (κ1) is 40.1. The van der Waals surface area contributed by atoms with Gasteiger partial charge < -0.3 is 13.9 Å². The molecule has 0 N–H and O–H groups in total. The van der Waals surface area contributed by atoms with Crippen molar-refractivity contribution < 1.29 is 4.42 Å². The minimum atomic E-state index is 0.883. The summed E-state index contributed by atoms with van der Waals surface area (Å²) in [4.78, 5) is 2.38. The molecule has 0 saturated carbocycles. The Morgan fingerprint density at radius 2 is 0.768 bits per heavy atom. The Bertz CT molecular complexity index is 3960. The van der Waals surface area contributed by atoms with Gasteiger partial charge >= 0.3 is 0 Å². The van der Waals surface area contributed by atoms with Crippen molar-refractivity contribution in [2.24, 2.45) is 0 Å². The number of rotatable bonds is 9. The Morgan fingerprint density at radius 1 is 0.290 bits per heavy atom.